The van der Waals surface area contributed by atoms with Gasteiger partial charge in [-0.25, -0.2) is 9.59 Å². The molecule has 0 bridgehead atoms. The number of hydroxylamine groups is 2. The summed E-state index contributed by atoms with van der Waals surface area (Å²) in [5.41, 5.74) is 0.0638. The SMILES string of the molecule is CN(CC1CCN(C(=O)OC(C)(C)C)CC1)OC(=O)c1ccccc1. The minimum Gasteiger partial charge on any atom is -0.444 e. The lowest BCUT2D eigenvalue weighted by molar-refractivity contribution is -0.101. The number of piperidine rings is 1. The molecule has 0 unspecified atom stereocenters. The maximum absolute atomic E-state index is 12.1. The molecule has 1 heterocycles. The quantitative estimate of drug-likeness (QED) is 0.781. The first-order valence-corrected chi connectivity index (χ1v) is 8.71. The van der Waals surface area contributed by atoms with E-state index in [4.69, 9.17) is 9.57 Å². The molecule has 1 amide bonds. The standard InChI is InChI=1S/C19H28N2O4/c1-19(2,3)24-18(23)21-12-10-15(11-13-21)14-20(4)25-17(22)16-8-6-5-7-9-16/h5-9,15H,10-14H2,1-4H3. The molecular formula is C19H28N2O4. The average molecular weight is 348 g/mol. The Hall–Kier alpha value is -2.08. The van der Waals surface area contributed by atoms with E-state index >= 15 is 0 Å². The van der Waals surface area contributed by atoms with Gasteiger partial charge in [0.1, 0.15) is 5.60 Å². The van der Waals surface area contributed by atoms with Gasteiger partial charge in [-0.2, -0.15) is 0 Å². The molecule has 1 aliphatic heterocycles. The lowest BCUT2D eigenvalue weighted by Crippen LogP contribution is -2.43. The van der Waals surface area contributed by atoms with Crippen LogP contribution < -0.4 is 0 Å². The Bertz CT molecular complexity index is 575. The summed E-state index contributed by atoms with van der Waals surface area (Å²) in [6, 6.07) is 8.94. The van der Waals surface area contributed by atoms with E-state index < -0.39 is 5.60 Å². The van der Waals surface area contributed by atoms with Gasteiger partial charge in [0, 0.05) is 26.7 Å². The topological polar surface area (TPSA) is 59.1 Å². The molecule has 138 valence electrons. The number of hydrogen-bond acceptors (Lipinski definition) is 5. The largest absolute Gasteiger partial charge is 0.444 e. The molecule has 6 nitrogen and oxygen atoms in total. The van der Waals surface area contributed by atoms with Crippen LogP contribution in [0.25, 0.3) is 0 Å². The molecule has 1 aliphatic rings. The van der Waals surface area contributed by atoms with Crippen LogP contribution in [0.4, 0.5) is 4.79 Å². The van der Waals surface area contributed by atoms with Crippen molar-refractivity contribution in [3.8, 4) is 0 Å². The Labute approximate surface area is 149 Å². The van der Waals surface area contributed by atoms with Crippen molar-refractivity contribution < 1.29 is 19.2 Å². The summed E-state index contributed by atoms with van der Waals surface area (Å²) in [6.45, 7) is 7.59. The summed E-state index contributed by atoms with van der Waals surface area (Å²) in [7, 11) is 1.76. The number of nitrogens with zero attached hydrogens (tertiary/aromatic N) is 2. The molecule has 25 heavy (non-hydrogen) atoms. The van der Waals surface area contributed by atoms with Crippen molar-refractivity contribution >= 4 is 12.1 Å². The van der Waals surface area contributed by atoms with Crippen LogP contribution in [0.1, 0.15) is 44.0 Å². The highest BCUT2D eigenvalue weighted by Crippen LogP contribution is 2.20. The van der Waals surface area contributed by atoms with E-state index in [1.807, 2.05) is 39.0 Å². The Morgan fingerprint density at radius 3 is 2.32 bits per heavy atom. The zero-order chi connectivity index (χ0) is 18.4. The molecule has 0 aliphatic carbocycles. The van der Waals surface area contributed by atoms with E-state index in [1.165, 1.54) is 0 Å². The number of amides is 1. The van der Waals surface area contributed by atoms with Crippen molar-refractivity contribution in [3.05, 3.63) is 35.9 Å². The third-order valence-electron chi connectivity index (χ3n) is 4.03. The van der Waals surface area contributed by atoms with E-state index in [1.54, 1.807) is 29.1 Å². The van der Waals surface area contributed by atoms with Crippen molar-refractivity contribution in [2.45, 2.75) is 39.2 Å². The lowest BCUT2D eigenvalue weighted by atomic mass is 9.97. The van der Waals surface area contributed by atoms with Crippen LogP contribution in [-0.2, 0) is 9.57 Å². The van der Waals surface area contributed by atoms with Gasteiger partial charge in [0.25, 0.3) is 0 Å². The van der Waals surface area contributed by atoms with Crippen LogP contribution in [0.2, 0.25) is 0 Å². The number of rotatable bonds is 4. The summed E-state index contributed by atoms with van der Waals surface area (Å²) >= 11 is 0. The first-order valence-electron chi connectivity index (χ1n) is 8.71. The molecule has 0 spiro atoms. The van der Waals surface area contributed by atoms with Crippen molar-refractivity contribution in [1.82, 2.24) is 9.96 Å². The first-order chi connectivity index (χ1) is 11.7. The molecule has 0 N–H and O–H groups in total. The van der Waals surface area contributed by atoms with Crippen LogP contribution in [0.5, 0.6) is 0 Å². The van der Waals surface area contributed by atoms with Gasteiger partial charge < -0.3 is 14.5 Å². The molecular weight excluding hydrogens is 320 g/mol. The lowest BCUT2D eigenvalue weighted by Gasteiger charge is -2.34. The van der Waals surface area contributed by atoms with Crippen molar-refractivity contribution in [2.75, 3.05) is 26.7 Å². The number of benzene rings is 1. The second-order valence-corrected chi connectivity index (χ2v) is 7.47. The third-order valence-corrected chi connectivity index (χ3v) is 4.03. The number of hydrogen-bond donors (Lipinski definition) is 0. The molecule has 0 aromatic heterocycles. The fourth-order valence-corrected chi connectivity index (χ4v) is 2.79. The molecule has 1 saturated heterocycles. The van der Waals surface area contributed by atoms with Gasteiger partial charge >= 0.3 is 12.1 Å². The summed E-state index contributed by atoms with van der Waals surface area (Å²) in [5.74, 6) is 0.0292. The van der Waals surface area contributed by atoms with E-state index in [-0.39, 0.29) is 12.1 Å². The molecule has 2 rings (SSSR count). The summed E-state index contributed by atoms with van der Waals surface area (Å²) in [6.07, 6.45) is 1.48. The third kappa shape index (κ3) is 6.38. The predicted octanol–water partition coefficient (Wildman–Crippen LogP) is 3.34. The number of likely N-dealkylation sites (tertiary alicyclic amines) is 1. The van der Waals surface area contributed by atoms with Gasteiger partial charge in [0.05, 0.1) is 5.56 Å². The second-order valence-electron chi connectivity index (χ2n) is 7.47. The van der Waals surface area contributed by atoms with E-state index in [0.717, 1.165) is 12.8 Å². The normalized spacial score (nSPS) is 16.0. The van der Waals surface area contributed by atoms with Crippen molar-refractivity contribution in [1.29, 1.82) is 0 Å². The van der Waals surface area contributed by atoms with Gasteiger partial charge in [-0.05, 0) is 51.7 Å². The Morgan fingerprint density at radius 2 is 1.76 bits per heavy atom. The second kappa shape index (κ2) is 8.34. The molecule has 1 aromatic carbocycles. The summed E-state index contributed by atoms with van der Waals surface area (Å²) in [5, 5.41) is 1.59. The van der Waals surface area contributed by atoms with Gasteiger partial charge in [-0.1, -0.05) is 18.2 Å². The Balaban J connectivity index is 1.74. The molecule has 1 fully saturated rings. The van der Waals surface area contributed by atoms with Crippen LogP contribution in [0, 0.1) is 5.92 Å². The molecule has 1 aromatic rings. The van der Waals surface area contributed by atoms with Gasteiger partial charge in [0.2, 0.25) is 0 Å². The Kier molecular flexibility index (Phi) is 6.42. The Morgan fingerprint density at radius 1 is 1.16 bits per heavy atom. The number of carbonyl (C=O) groups is 2. The maximum atomic E-state index is 12.1. The van der Waals surface area contributed by atoms with Gasteiger partial charge in [-0.3, -0.25) is 0 Å². The minimum atomic E-state index is -0.472. The van der Waals surface area contributed by atoms with E-state index in [9.17, 15) is 9.59 Å². The summed E-state index contributed by atoms with van der Waals surface area (Å²) in [4.78, 5) is 31.2. The highest BCUT2D eigenvalue weighted by molar-refractivity contribution is 5.89. The van der Waals surface area contributed by atoms with Crippen LogP contribution in [0.15, 0.2) is 30.3 Å². The van der Waals surface area contributed by atoms with Crippen molar-refractivity contribution in [2.24, 2.45) is 5.92 Å². The molecule has 0 radical (unpaired) electrons. The van der Waals surface area contributed by atoms with Gasteiger partial charge in [-0.15, -0.1) is 5.06 Å². The highest BCUT2D eigenvalue weighted by Gasteiger charge is 2.27. The number of ether oxygens (including phenoxy) is 1. The predicted molar refractivity (Wildman–Crippen MR) is 95.0 cm³/mol. The van der Waals surface area contributed by atoms with E-state index in [2.05, 4.69) is 0 Å². The highest BCUT2D eigenvalue weighted by atomic mass is 16.7. The zero-order valence-corrected chi connectivity index (χ0v) is 15.5. The monoisotopic (exact) mass is 348 g/mol. The van der Waals surface area contributed by atoms with Crippen LogP contribution >= 0.6 is 0 Å². The zero-order valence-electron chi connectivity index (χ0n) is 15.5. The maximum Gasteiger partial charge on any atom is 0.410 e. The minimum absolute atomic E-state index is 0.255. The number of carbonyl (C=O) groups excluding carboxylic acids is 2. The first kappa shape index (κ1) is 19.2. The molecule has 0 saturated carbocycles. The van der Waals surface area contributed by atoms with Crippen LogP contribution in [-0.4, -0.2) is 54.3 Å². The molecule has 6 heteroatoms. The average Bonchev–Trinajstić information content (AvgIpc) is 2.54. The molecule has 0 atom stereocenters. The van der Waals surface area contributed by atoms with Crippen molar-refractivity contribution in [3.63, 3.8) is 0 Å². The fraction of sp³-hybridized carbons (Fsp3) is 0.579. The van der Waals surface area contributed by atoms with Gasteiger partial charge in [0.15, 0.2) is 0 Å². The van der Waals surface area contributed by atoms with Crippen LogP contribution in [0.3, 0.4) is 0 Å². The van der Waals surface area contributed by atoms with E-state index in [0.29, 0.717) is 31.1 Å². The fourth-order valence-electron chi connectivity index (χ4n) is 2.79. The summed E-state index contributed by atoms with van der Waals surface area (Å²) < 4.78 is 5.40. The smallest absolute Gasteiger partial charge is 0.410 e.